The van der Waals surface area contributed by atoms with Gasteiger partial charge in [-0.2, -0.15) is 13.2 Å². The smallest absolute Gasteiger partial charge is 0.372 e. The predicted molar refractivity (Wildman–Crippen MR) is 74.0 cm³/mol. The van der Waals surface area contributed by atoms with Gasteiger partial charge in [0.15, 0.2) is 0 Å². The number of nitrogens with one attached hydrogen (secondary N) is 1. The van der Waals surface area contributed by atoms with Crippen LogP contribution in [0.1, 0.15) is 39.5 Å². The first-order chi connectivity index (χ1) is 9.79. The van der Waals surface area contributed by atoms with E-state index in [1.807, 2.05) is 13.8 Å². The molecule has 4 nitrogen and oxygen atoms in total. The Balaban J connectivity index is 2.35. The van der Waals surface area contributed by atoms with Crippen LogP contribution in [0.15, 0.2) is 0 Å². The zero-order valence-electron chi connectivity index (χ0n) is 12.7. The van der Waals surface area contributed by atoms with E-state index < -0.39 is 12.8 Å². The van der Waals surface area contributed by atoms with Gasteiger partial charge < -0.3 is 15.0 Å². The Labute approximate surface area is 124 Å². The molecule has 124 valence electrons. The number of rotatable bonds is 7. The highest BCUT2D eigenvalue weighted by Gasteiger charge is 2.28. The first-order valence-corrected chi connectivity index (χ1v) is 7.47. The summed E-state index contributed by atoms with van der Waals surface area (Å²) < 4.78 is 40.3. The summed E-state index contributed by atoms with van der Waals surface area (Å²) in [6.45, 7) is 3.90. The summed E-state index contributed by atoms with van der Waals surface area (Å²) in [7, 11) is 0. The molecule has 0 spiro atoms. The monoisotopic (exact) mass is 310 g/mol. The molecule has 0 aromatic heterocycles. The van der Waals surface area contributed by atoms with E-state index in [2.05, 4.69) is 10.1 Å². The van der Waals surface area contributed by atoms with Crippen LogP contribution in [0.3, 0.4) is 0 Å². The van der Waals surface area contributed by atoms with Crippen LogP contribution in [0.2, 0.25) is 0 Å². The molecule has 21 heavy (non-hydrogen) atoms. The first kappa shape index (κ1) is 18.2. The van der Waals surface area contributed by atoms with E-state index in [0.717, 1.165) is 25.8 Å². The second-order valence-electron chi connectivity index (χ2n) is 5.70. The molecule has 1 aliphatic heterocycles. The van der Waals surface area contributed by atoms with Gasteiger partial charge in [-0.05, 0) is 33.2 Å². The largest absolute Gasteiger partial charge is 0.411 e. The predicted octanol–water partition coefficient (Wildman–Crippen LogP) is 2.33. The Morgan fingerprint density at radius 1 is 1.38 bits per heavy atom. The van der Waals surface area contributed by atoms with Crippen molar-refractivity contribution in [2.75, 3.05) is 26.3 Å². The van der Waals surface area contributed by atoms with Gasteiger partial charge in [0.25, 0.3) is 0 Å². The molecule has 0 aromatic carbocycles. The standard InChI is InChI=1S/C14H25F3N2O2/c1-11(2)19(9-12-5-3-4-7-18-12)13(20)6-8-21-10-14(15,16)17/h11-12,18H,3-10H2,1-2H3. The Morgan fingerprint density at radius 2 is 2.10 bits per heavy atom. The first-order valence-electron chi connectivity index (χ1n) is 7.47. The van der Waals surface area contributed by atoms with Crippen molar-refractivity contribution in [1.29, 1.82) is 0 Å². The third-order valence-electron chi connectivity index (χ3n) is 3.50. The average Bonchev–Trinajstić information content (AvgIpc) is 2.40. The molecule has 1 fully saturated rings. The number of carbonyl (C=O) groups excluding carboxylic acids is 1. The van der Waals surface area contributed by atoms with Gasteiger partial charge in [0.05, 0.1) is 13.0 Å². The van der Waals surface area contributed by atoms with Crippen molar-refractivity contribution in [3.05, 3.63) is 0 Å². The van der Waals surface area contributed by atoms with Crippen LogP contribution in [0, 0.1) is 0 Å². The summed E-state index contributed by atoms with van der Waals surface area (Å²) in [6.07, 6.45) is -1.03. The maximum atomic E-state index is 12.1. The van der Waals surface area contributed by atoms with Crippen LogP contribution in [0.4, 0.5) is 13.2 Å². The summed E-state index contributed by atoms with van der Waals surface area (Å²) in [4.78, 5) is 13.8. The lowest BCUT2D eigenvalue weighted by atomic mass is 10.0. The van der Waals surface area contributed by atoms with E-state index in [9.17, 15) is 18.0 Å². The average molecular weight is 310 g/mol. The third-order valence-corrected chi connectivity index (χ3v) is 3.50. The van der Waals surface area contributed by atoms with E-state index >= 15 is 0 Å². The van der Waals surface area contributed by atoms with Crippen molar-refractivity contribution >= 4 is 5.91 Å². The number of hydrogen-bond acceptors (Lipinski definition) is 3. The molecule has 1 atom stereocenters. The highest BCUT2D eigenvalue weighted by Crippen LogP contribution is 2.15. The second-order valence-corrected chi connectivity index (χ2v) is 5.70. The van der Waals surface area contributed by atoms with Crippen LogP contribution >= 0.6 is 0 Å². The molecular weight excluding hydrogens is 285 g/mol. The lowest BCUT2D eigenvalue weighted by Gasteiger charge is -2.33. The fourth-order valence-corrected chi connectivity index (χ4v) is 2.41. The Kier molecular flexibility index (Phi) is 7.45. The fourth-order valence-electron chi connectivity index (χ4n) is 2.41. The molecule has 1 saturated heterocycles. The number of piperidine rings is 1. The molecular formula is C14H25F3N2O2. The van der Waals surface area contributed by atoms with E-state index in [4.69, 9.17) is 0 Å². The van der Waals surface area contributed by atoms with Crippen molar-refractivity contribution in [1.82, 2.24) is 10.2 Å². The number of nitrogens with zero attached hydrogens (tertiary/aromatic N) is 1. The van der Waals surface area contributed by atoms with Crippen molar-refractivity contribution in [3.8, 4) is 0 Å². The van der Waals surface area contributed by atoms with Gasteiger partial charge in [-0.15, -0.1) is 0 Å². The topological polar surface area (TPSA) is 41.6 Å². The van der Waals surface area contributed by atoms with Gasteiger partial charge >= 0.3 is 6.18 Å². The van der Waals surface area contributed by atoms with Gasteiger partial charge in [-0.3, -0.25) is 4.79 Å². The van der Waals surface area contributed by atoms with Crippen LogP contribution in [0.5, 0.6) is 0 Å². The molecule has 1 rings (SSSR count). The minimum absolute atomic E-state index is 0.0129. The lowest BCUT2D eigenvalue weighted by molar-refractivity contribution is -0.175. The van der Waals surface area contributed by atoms with Crippen LogP contribution in [-0.2, 0) is 9.53 Å². The number of hydrogen-bond donors (Lipinski definition) is 1. The molecule has 1 N–H and O–H groups in total. The summed E-state index contributed by atoms with van der Waals surface area (Å²) in [5.41, 5.74) is 0. The number of ether oxygens (including phenoxy) is 1. The maximum Gasteiger partial charge on any atom is 0.411 e. The van der Waals surface area contributed by atoms with Crippen LogP contribution < -0.4 is 5.32 Å². The highest BCUT2D eigenvalue weighted by molar-refractivity contribution is 5.76. The van der Waals surface area contributed by atoms with Crippen LogP contribution in [-0.4, -0.2) is 55.4 Å². The number of halogens is 3. The van der Waals surface area contributed by atoms with E-state index in [0.29, 0.717) is 6.54 Å². The minimum Gasteiger partial charge on any atom is -0.372 e. The maximum absolute atomic E-state index is 12.1. The third kappa shape index (κ3) is 7.66. The van der Waals surface area contributed by atoms with E-state index in [1.54, 1.807) is 4.90 Å². The molecule has 7 heteroatoms. The summed E-state index contributed by atoms with van der Waals surface area (Å²) in [6, 6.07) is 0.310. The van der Waals surface area contributed by atoms with Crippen molar-refractivity contribution in [2.24, 2.45) is 0 Å². The molecule has 0 bridgehead atoms. The number of amides is 1. The van der Waals surface area contributed by atoms with Crippen molar-refractivity contribution in [2.45, 2.75) is 57.8 Å². The molecule has 1 aliphatic rings. The number of alkyl halides is 3. The molecule has 0 radical (unpaired) electrons. The number of carbonyl (C=O) groups is 1. The zero-order valence-corrected chi connectivity index (χ0v) is 12.7. The van der Waals surface area contributed by atoms with Gasteiger partial charge in [0.1, 0.15) is 6.61 Å². The summed E-state index contributed by atoms with van der Waals surface area (Å²) in [5.74, 6) is -0.153. The van der Waals surface area contributed by atoms with Crippen LogP contribution in [0.25, 0.3) is 0 Å². The Morgan fingerprint density at radius 3 is 2.62 bits per heavy atom. The van der Waals surface area contributed by atoms with Gasteiger partial charge in [0, 0.05) is 18.6 Å². The minimum atomic E-state index is -4.34. The Hall–Kier alpha value is -0.820. The Bertz CT molecular complexity index is 316. The molecule has 0 aromatic rings. The van der Waals surface area contributed by atoms with Gasteiger partial charge in [-0.25, -0.2) is 0 Å². The van der Waals surface area contributed by atoms with Crippen molar-refractivity contribution < 1.29 is 22.7 Å². The van der Waals surface area contributed by atoms with Gasteiger partial charge in [-0.1, -0.05) is 6.42 Å². The van der Waals surface area contributed by atoms with Crippen molar-refractivity contribution in [3.63, 3.8) is 0 Å². The lowest BCUT2D eigenvalue weighted by Crippen LogP contribution is -2.48. The second kappa shape index (κ2) is 8.58. The molecule has 1 heterocycles. The SMILES string of the molecule is CC(C)N(CC1CCCCN1)C(=O)CCOCC(F)(F)F. The molecule has 0 aliphatic carbocycles. The molecule has 1 unspecified atom stereocenters. The summed E-state index contributed by atoms with van der Waals surface area (Å²) in [5, 5.41) is 3.37. The molecule has 0 saturated carbocycles. The van der Waals surface area contributed by atoms with Gasteiger partial charge in [0.2, 0.25) is 5.91 Å². The molecule has 1 amide bonds. The quantitative estimate of drug-likeness (QED) is 0.734. The summed E-state index contributed by atoms with van der Waals surface area (Å²) >= 11 is 0. The normalized spacial score (nSPS) is 19.8. The zero-order chi connectivity index (χ0) is 15.9. The highest BCUT2D eigenvalue weighted by atomic mass is 19.4. The van der Waals surface area contributed by atoms with E-state index in [1.165, 1.54) is 0 Å². The fraction of sp³-hybridized carbons (Fsp3) is 0.929. The van der Waals surface area contributed by atoms with E-state index in [-0.39, 0.29) is 31.0 Å².